The largest absolute Gasteiger partial charge is 0.534 e. The number of benzene rings is 2. The van der Waals surface area contributed by atoms with Crippen molar-refractivity contribution in [2.24, 2.45) is 0 Å². The van der Waals surface area contributed by atoms with E-state index in [0.29, 0.717) is 22.5 Å². The zero-order valence-electron chi connectivity index (χ0n) is 20.1. The molecule has 0 bridgehead atoms. The van der Waals surface area contributed by atoms with Gasteiger partial charge in [-0.25, -0.2) is 0 Å². The Morgan fingerprint density at radius 1 is 0.765 bits per heavy atom. The van der Waals surface area contributed by atoms with Gasteiger partial charge in [0.05, 0.1) is 16.9 Å². The molecule has 0 unspecified atom stereocenters. The van der Waals surface area contributed by atoms with Gasteiger partial charge in [0.15, 0.2) is 0 Å². The fourth-order valence-corrected chi connectivity index (χ4v) is 5.08. The van der Waals surface area contributed by atoms with E-state index in [9.17, 15) is 26.4 Å². The molecule has 184 valence electrons. The van der Waals surface area contributed by atoms with Crippen LogP contribution >= 0.6 is 0 Å². The third-order valence-corrected chi connectivity index (χ3v) is 6.64. The van der Waals surface area contributed by atoms with Crippen LogP contribution in [0.1, 0.15) is 40.3 Å². The molecule has 0 aromatic heterocycles. The van der Waals surface area contributed by atoms with E-state index >= 15 is 0 Å². The maximum Gasteiger partial charge on any atom is 0.534 e. The molecule has 0 N–H and O–H groups in total. The molecule has 3 rings (SSSR count). The second kappa shape index (κ2) is 8.65. The van der Waals surface area contributed by atoms with E-state index < -0.39 is 27.4 Å². The Morgan fingerprint density at radius 2 is 1.15 bits per heavy atom. The zero-order valence-corrected chi connectivity index (χ0v) is 20.9. The van der Waals surface area contributed by atoms with Gasteiger partial charge < -0.3 is 4.18 Å². The van der Waals surface area contributed by atoms with Gasteiger partial charge in [0, 0.05) is 0 Å². The standard InChI is InChI=1S/C24H27F3N2O4S/c1-13-8-15(3)20(16(4)9-13)28-12-29(21-17(5)10-14(2)11-18(21)6)23(19(7)22(28)30)33-34(31,32)24(25,26)27/h8-11H,12H2,1-7H3. The van der Waals surface area contributed by atoms with Crippen LogP contribution in [-0.4, -0.2) is 26.5 Å². The van der Waals surface area contributed by atoms with Crippen LogP contribution in [-0.2, 0) is 19.1 Å². The van der Waals surface area contributed by atoms with Crippen molar-refractivity contribution in [1.29, 1.82) is 0 Å². The molecule has 2 aromatic rings. The van der Waals surface area contributed by atoms with Gasteiger partial charge in [0.1, 0.15) is 6.67 Å². The summed E-state index contributed by atoms with van der Waals surface area (Å²) in [6.07, 6.45) is 0. The fraction of sp³-hybridized carbons (Fsp3) is 0.375. The van der Waals surface area contributed by atoms with Gasteiger partial charge in [-0.1, -0.05) is 35.4 Å². The quantitative estimate of drug-likeness (QED) is 0.416. The van der Waals surface area contributed by atoms with E-state index in [1.807, 2.05) is 52.0 Å². The molecule has 0 saturated carbocycles. The minimum atomic E-state index is -6.00. The number of halogens is 3. The van der Waals surface area contributed by atoms with E-state index in [2.05, 4.69) is 4.18 Å². The molecular weight excluding hydrogens is 469 g/mol. The smallest absolute Gasteiger partial charge is 0.357 e. The van der Waals surface area contributed by atoms with Crippen LogP contribution in [0.2, 0.25) is 0 Å². The van der Waals surface area contributed by atoms with E-state index in [-0.39, 0.29) is 12.2 Å². The third kappa shape index (κ3) is 4.51. The molecule has 10 heteroatoms. The van der Waals surface area contributed by atoms with Crippen LogP contribution in [0.4, 0.5) is 24.5 Å². The molecule has 0 spiro atoms. The molecule has 0 fully saturated rings. The number of carbonyl (C=O) groups excluding carboxylic acids is 1. The number of anilines is 2. The minimum Gasteiger partial charge on any atom is -0.357 e. The van der Waals surface area contributed by atoms with Gasteiger partial charge in [0.2, 0.25) is 5.88 Å². The lowest BCUT2D eigenvalue weighted by Gasteiger charge is -2.40. The monoisotopic (exact) mass is 496 g/mol. The van der Waals surface area contributed by atoms with Crippen LogP contribution in [0.15, 0.2) is 35.7 Å². The summed E-state index contributed by atoms with van der Waals surface area (Å²) in [4.78, 5) is 16.1. The molecule has 6 nitrogen and oxygen atoms in total. The van der Waals surface area contributed by atoms with Crippen LogP contribution in [0, 0.1) is 41.5 Å². The maximum absolute atomic E-state index is 13.3. The number of carbonyl (C=O) groups is 1. The lowest BCUT2D eigenvalue weighted by atomic mass is 10.0. The molecule has 1 heterocycles. The molecule has 1 aliphatic rings. The minimum absolute atomic E-state index is 0.228. The first-order valence-electron chi connectivity index (χ1n) is 10.5. The van der Waals surface area contributed by atoms with E-state index in [1.54, 1.807) is 13.8 Å². The van der Waals surface area contributed by atoms with Gasteiger partial charge in [0.25, 0.3) is 5.91 Å². The number of nitrogens with zero attached hydrogens (tertiary/aromatic N) is 2. The van der Waals surface area contributed by atoms with Gasteiger partial charge in [-0.15, -0.1) is 0 Å². The molecule has 0 atom stereocenters. The van der Waals surface area contributed by atoms with Crippen LogP contribution in [0.3, 0.4) is 0 Å². The molecule has 1 aliphatic heterocycles. The van der Waals surface area contributed by atoms with Gasteiger partial charge in [-0.3, -0.25) is 14.6 Å². The third-order valence-electron chi connectivity index (χ3n) is 5.70. The van der Waals surface area contributed by atoms with Crippen molar-refractivity contribution in [3.05, 3.63) is 69.1 Å². The highest BCUT2D eigenvalue weighted by atomic mass is 32.2. The van der Waals surface area contributed by atoms with Gasteiger partial charge in [-0.2, -0.15) is 21.6 Å². The number of hydrogen-bond donors (Lipinski definition) is 0. The predicted molar refractivity (Wildman–Crippen MR) is 125 cm³/mol. The molecule has 0 radical (unpaired) electrons. The summed E-state index contributed by atoms with van der Waals surface area (Å²) in [6.45, 7) is 12.1. The highest BCUT2D eigenvalue weighted by Gasteiger charge is 2.50. The van der Waals surface area contributed by atoms with Crippen LogP contribution in [0.25, 0.3) is 0 Å². The van der Waals surface area contributed by atoms with Crippen molar-refractivity contribution in [3.63, 3.8) is 0 Å². The van der Waals surface area contributed by atoms with Gasteiger partial charge >= 0.3 is 15.6 Å². The van der Waals surface area contributed by atoms with E-state index in [0.717, 1.165) is 22.3 Å². The second-order valence-corrected chi connectivity index (χ2v) is 10.2. The lowest BCUT2D eigenvalue weighted by Crippen LogP contribution is -2.49. The van der Waals surface area contributed by atoms with Crippen molar-refractivity contribution in [3.8, 4) is 0 Å². The molecule has 2 aromatic carbocycles. The number of alkyl halides is 3. The van der Waals surface area contributed by atoms with Crippen LogP contribution < -0.4 is 9.80 Å². The van der Waals surface area contributed by atoms with E-state index in [1.165, 1.54) is 16.7 Å². The SMILES string of the molecule is CC1=C(OS(=O)(=O)C(F)(F)F)N(c2c(C)cc(C)cc2C)CN(c2c(C)cc(C)cc2C)C1=O. The summed E-state index contributed by atoms with van der Waals surface area (Å²) in [6, 6.07) is 7.47. The Hall–Kier alpha value is -3.01. The van der Waals surface area contributed by atoms with Crippen molar-refractivity contribution in [1.82, 2.24) is 0 Å². The predicted octanol–water partition coefficient (Wildman–Crippen LogP) is 5.45. The number of hydrogen-bond acceptors (Lipinski definition) is 5. The summed E-state index contributed by atoms with van der Waals surface area (Å²) in [5.41, 5.74) is 0.123. The van der Waals surface area contributed by atoms with Crippen molar-refractivity contribution < 1.29 is 30.6 Å². The number of aryl methyl sites for hydroxylation is 6. The van der Waals surface area contributed by atoms with E-state index in [4.69, 9.17) is 0 Å². The Kier molecular flexibility index (Phi) is 6.51. The molecular formula is C24H27F3N2O4S. The molecule has 34 heavy (non-hydrogen) atoms. The van der Waals surface area contributed by atoms with Crippen LogP contribution in [0.5, 0.6) is 0 Å². The van der Waals surface area contributed by atoms with Crippen molar-refractivity contribution in [2.45, 2.75) is 54.0 Å². The Morgan fingerprint density at radius 3 is 1.53 bits per heavy atom. The Balaban J connectivity index is 2.28. The van der Waals surface area contributed by atoms with Gasteiger partial charge in [-0.05, 0) is 70.7 Å². The Labute approximate surface area is 197 Å². The summed E-state index contributed by atoms with van der Waals surface area (Å²) in [7, 11) is -6.00. The summed E-state index contributed by atoms with van der Waals surface area (Å²) >= 11 is 0. The topological polar surface area (TPSA) is 66.9 Å². The zero-order chi connectivity index (χ0) is 25.7. The number of amides is 1. The maximum atomic E-state index is 13.3. The second-order valence-electron chi connectivity index (χ2n) is 8.71. The first kappa shape index (κ1) is 25.6. The Bertz CT molecular complexity index is 1270. The van der Waals surface area contributed by atoms with Crippen molar-refractivity contribution in [2.75, 3.05) is 16.5 Å². The first-order valence-corrected chi connectivity index (χ1v) is 11.9. The molecule has 0 aliphatic carbocycles. The normalized spacial score (nSPS) is 15.3. The summed E-state index contributed by atoms with van der Waals surface area (Å²) in [5, 5.41) is 0. The number of rotatable bonds is 4. The first-order chi connectivity index (χ1) is 15.5. The molecule has 1 amide bonds. The average Bonchev–Trinajstić information content (AvgIpc) is 2.65. The highest BCUT2D eigenvalue weighted by Crippen LogP contribution is 2.39. The average molecular weight is 497 g/mol. The van der Waals surface area contributed by atoms with Crippen molar-refractivity contribution >= 4 is 27.4 Å². The molecule has 0 saturated heterocycles. The highest BCUT2D eigenvalue weighted by molar-refractivity contribution is 7.87. The fourth-order valence-electron chi connectivity index (χ4n) is 4.57. The lowest BCUT2D eigenvalue weighted by molar-refractivity contribution is -0.115. The summed E-state index contributed by atoms with van der Waals surface area (Å²) < 4.78 is 68.0. The summed E-state index contributed by atoms with van der Waals surface area (Å²) in [5.74, 6) is -1.29.